The first kappa shape index (κ1) is 21.6. The van der Waals surface area contributed by atoms with E-state index in [2.05, 4.69) is 59.2 Å². The fourth-order valence-electron chi connectivity index (χ4n) is 8.06. The fourth-order valence-corrected chi connectivity index (χ4v) is 8.80. The van der Waals surface area contributed by atoms with Crippen molar-refractivity contribution in [2.75, 3.05) is 0 Å². The van der Waals surface area contributed by atoms with Gasteiger partial charge in [-0.05, 0) is 105 Å². The lowest BCUT2D eigenvalue weighted by atomic mass is 9.46. The number of hydrogen-bond acceptors (Lipinski definition) is 1. The number of rotatable bonds is 4. The summed E-state index contributed by atoms with van der Waals surface area (Å²) in [6, 6.07) is 0. The molecule has 4 rings (SSSR count). The van der Waals surface area contributed by atoms with E-state index in [-0.39, 0.29) is 10.5 Å². The van der Waals surface area contributed by atoms with Crippen molar-refractivity contribution in [2.24, 2.45) is 34.5 Å². The van der Waals surface area contributed by atoms with Gasteiger partial charge < -0.3 is 4.80 Å². The van der Waals surface area contributed by atoms with Crippen LogP contribution in [0.1, 0.15) is 78.6 Å². The molecule has 2 heteroatoms. The highest BCUT2D eigenvalue weighted by molar-refractivity contribution is 6.72. The first-order chi connectivity index (χ1) is 13.4. The Labute approximate surface area is 180 Å². The molecule has 1 nitrogen and oxygen atoms in total. The minimum Gasteiger partial charge on any atom is -0.432 e. The van der Waals surface area contributed by atoms with E-state index in [4.69, 9.17) is 0 Å². The average Bonchev–Trinajstić information content (AvgIpc) is 2.96. The smallest absolute Gasteiger partial charge is 0.188 e. The van der Waals surface area contributed by atoms with Crippen molar-refractivity contribution in [3.05, 3.63) is 36.5 Å². The molecule has 162 valence electrons. The molecule has 29 heavy (non-hydrogen) atoms. The fraction of sp³-hybridized carbons (Fsp3) is 0.778. The van der Waals surface area contributed by atoms with Crippen LogP contribution in [0.25, 0.3) is 0 Å². The molecule has 0 heterocycles. The molecule has 0 aromatic heterocycles. The Kier molecular flexibility index (Phi) is 5.18. The molecule has 1 N–H and O–H groups in total. The topological polar surface area (TPSA) is 20.2 Å². The van der Waals surface area contributed by atoms with Gasteiger partial charge in [-0.2, -0.15) is 0 Å². The summed E-state index contributed by atoms with van der Waals surface area (Å²) in [7, 11) is -2.15. The van der Waals surface area contributed by atoms with Gasteiger partial charge in [-0.15, -0.1) is 6.58 Å². The molecule has 6 atom stereocenters. The normalized spacial score (nSPS) is 42.6. The van der Waals surface area contributed by atoms with E-state index in [0.717, 1.165) is 30.1 Å². The van der Waals surface area contributed by atoms with Crippen LogP contribution < -0.4 is 0 Å². The van der Waals surface area contributed by atoms with Crippen LogP contribution in [-0.2, 0) is 0 Å². The second-order valence-corrected chi connectivity index (χ2v) is 16.9. The van der Waals surface area contributed by atoms with Crippen molar-refractivity contribution in [3.8, 4) is 0 Å². The molecular weight excluding hydrogens is 368 g/mol. The van der Waals surface area contributed by atoms with Gasteiger partial charge in [0.2, 0.25) is 0 Å². The van der Waals surface area contributed by atoms with Crippen molar-refractivity contribution >= 4 is 8.32 Å². The Morgan fingerprint density at radius 2 is 1.86 bits per heavy atom. The van der Waals surface area contributed by atoms with E-state index in [0.29, 0.717) is 5.41 Å². The zero-order chi connectivity index (χ0) is 21.2. The lowest BCUT2D eigenvalue weighted by molar-refractivity contribution is -0.0434. The Balaban J connectivity index is 1.60. The van der Waals surface area contributed by atoms with Gasteiger partial charge in [0, 0.05) is 5.41 Å². The van der Waals surface area contributed by atoms with Gasteiger partial charge >= 0.3 is 0 Å². The van der Waals surface area contributed by atoms with Crippen LogP contribution in [0.5, 0.6) is 0 Å². The Hall–Kier alpha value is -0.603. The molecule has 0 amide bonds. The van der Waals surface area contributed by atoms with Crippen molar-refractivity contribution in [3.63, 3.8) is 0 Å². The third kappa shape index (κ3) is 3.19. The highest BCUT2D eigenvalue weighted by Gasteiger charge is 2.60. The maximum absolute atomic E-state index is 10.9. The molecule has 4 aliphatic carbocycles. The predicted molar refractivity (Wildman–Crippen MR) is 127 cm³/mol. The van der Waals surface area contributed by atoms with Gasteiger partial charge in [-0.3, -0.25) is 0 Å². The zero-order valence-corrected chi connectivity index (χ0v) is 20.7. The SMILES string of the molecule is C=C[C@]12CCC(=C)C=C1CCC1C2CC[C@@]2(C)C1CC[C@@H]2CC(C)(C)[Si](C)(C)O. The lowest BCUT2D eigenvalue weighted by Crippen LogP contribution is -2.51. The van der Waals surface area contributed by atoms with E-state index < -0.39 is 8.32 Å². The Morgan fingerprint density at radius 1 is 1.14 bits per heavy atom. The quantitative estimate of drug-likeness (QED) is 0.371. The molecule has 0 aliphatic heterocycles. The molecule has 0 aromatic carbocycles. The van der Waals surface area contributed by atoms with Gasteiger partial charge in [0.05, 0.1) is 0 Å². The van der Waals surface area contributed by atoms with Crippen LogP contribution >= 0.6 is 0 Å². The molecule has 3 unspecified atom stereocenters. The minimum atomic E-state index is -2.15. The van der Waals surface area contributed by atoms with Crippen molar-refractivity contribution in [1.82, 2.24) is 0 Å². The maximum Gasteiger partial charge on any atom is 0.188 e. The van der Waals surface area contributed by atoms with Gasteiger partial charge in [0.15, 0.2) is 8.32 Å². The molecule has 0 radical (unpaired) electrons. The van der Waals surface area contributed by atoms with E-state index >= 15 is 0 Å². The van der Waals surface area contributed by atoms with Crippen LogP contribution in [0, 0.1) is 34.5 Å². The first-order valence-corrected chi connectivity index (χ1v) is 15.1. The molecule has 3 saturated carbocycles. The standard InChI is InChI=1S/C27H44OSi/c1-8-27-16-13-19(2)17-20(27)9-11-22-23-12-10-21(18-25(3,4)29(6,7)28)26(23,5)15-14-24(22)27/h8,17,21-24,28H,1-2,9-16,18H2,3-7H3/t21-,22?,23?,24?,26-,27+/m1/s1. The molecule has 0 aromatic rings. The first-order valence-electron chi connectivity index (χ1n) is 12.2. The Morgan fingerprint density at radius 3 is 2.52 bits per heavy atom. The third-order valence-corrected chi connectivity index (χ3v) is 14.2. The number of allylic oxidation sites excluding steroid dienone is 4. The van der Waals surface area contributed by atoms with Crippen LogP contribution in [-0.4, -0.2) is 13.1 Å². The lowest BCUT2D eigenvalue weighted by Gasteiger charge is -2.59. The average molecular weight is 413 g/mol. The summed E-state index contributed by atoms with van der Waals surface area (Å²) in [4.78, 5) is 10.9. The molecular formula is C27H44OSi. The highest BCUT2D eigenvalue weighted by Crippen LogP contribution is 2.68. The van der Waals surface area contributed by atoms with Gasteiger partial charge in [-0.1, -0.05) is 50.6 Å². The van der Waals surface area contributed by atoms with Gasteiger partial charge in [-0.25, -0.2) is 0 Å². The number of hydrogen-bond donors (Lipinski definition) is 1. The van der Waals surface area contributed by atoms with Crippen LogP contribution in [0.4, 0.5) is 0 Å². The van der Waals surface area contributed by atoms with E-state index in [1.807, 2.05) is 0 Å². The van der Waals surface area contributed by atoms with E-state index in [9.17, 15) is 4.80 Å². The van der Waals surface area contributed by atoms with Crippen LogP contribution in [0.15, 0.2) is 36.5 Å². The number of fused-ring (bicyclic) bond motifs is 5. The summed E-state index contributed by atoms with van der Waals surface area (Å²) in [6.07, 6.45) is 16.5. The molecule has 3 fully saturated rings. The summed E-state index contributed by atoms with van der Waals surface area (Å²) in [5.41, 5.74) is 3.70. The second-order valence-electron chi connectivity index (χ2n) is 12.5. The maximum atomic E-state index is 10.9. The summed E-state index contributed by atoms with van der Waals surface area (Å²) < 4.78 is 0. The Bertz CT molecular complexity index is 725. The van der Waals surface area contributed by atoms with Crippen LogP contribution in [0.3, 0.4) is 0 Å². The summed E-state index contributed by atoms with van der Waals surface area (Å²) in [5, 5.41) is 0.0982. The largest absolute Gasteiger partial charge is 0.432 e. The molecule has 4 aliphatic rings. The van der Waals surface area contributed by atoms with Crippen LogP contribution in [0.2, 0.25) is 18.1 Å². The second kappa shape index (κ2) is 6.95. The van der Waals surface area contributed by atoms with Gasteiger partial charge in [0.1, 0.15) is 0 Å². The van der Waals surface area contributed by atoms with E-state index in [1.54, 1.807) is 5.57 Å². The predicted octanol–water partition coefficient (Wildman–Crippen LogP) is 7.66. The monoisotopic (exact) mass is 412 g/mol. The highest BCUT2D eigenvalue weighted by atomic mass is 28.4. The van der Waals surface area contributed by atoms with Crippen molar-refractivity contribution < 1.29 is 4.80 Å². The minimum absolute atomic E-state index is 0.0982. The van der Waals surface area contributed by atoms with Gasteiger partial charge in [0.25, 0.3) is 0 Å². The summed E-state index contributed by atoms with van der Waals surface area (Å²) >= 11 is 0. The van der Waals surface area contributed by atoms with Crippen molar-refractivity contribution in [2.45, 2.75) is 96.7 Å². The molecule has 0 spiro atoms. The zero-order valence-electron chi connectivity index (χ0n) is 19.7. The summed E-state index contributed by atoms with van der Waals surface area (Å²) in [5.74, 6) is 3.31. The molecule has 0 saturated heterocycles. The molecule has 0 bridgehead atoms. The third-order valence-electron chi connectivity index (χ3n) is 10.7. The van der Waals surface area contributed by atoms with Crippen molar-refractivity contribution in [1.29, 1.82) is 0 Å². The summed E-state index contributed by atoms with van der Waals surface area (Å²) in [6.45, 7) is 20.2. The van der Waals surface area contributed by atoms with E-state index in [1.165, 1.54) is 56.9 Å².